The number of piperidine rings is 1. The Morgan fingerprint density at radius 2 is 1.96 bits per heavy atom. The molecule has 3 amide bonds. The van der Waals surface area contributed by atoms with Crippen LogP contribution in [-0.4, -0.2) is 66.5 Å². The van der Waals surface area contributed by atoms with E-state index in [9.17, 15) is 14.4 Å². The van der Waals surface area contributed by atoms with Gasteiger partial charge in [-0.25, -0.2) is 4.79 Å². The fourth-order valence-electron chi connectivity index (χ4n) is 3.46. The van der Waals surface area contributed by atoms with Crippen molar-refractivity contribution in [3.63, 3.8) is 0 Å². The maximum Gasteiger partial charge on any atom is 0.409 e. The minimum atomic E-state index is -0.281. The molecule has 1 N–H and O–H groups in total. The second kappa shape index (κ2) is 9.06. The summed E-state index contributed by atoms with van der Waals surface area (Å²) in [7, 11) is 0. The minimum absolute atomic E-state index is 0.0135. The highest BCUT2D eigenvalue weighted by Gasteiger charge is 2.39. The fourth-order valence-corrected chi connectivity index (χ4v) is 3.46. The van der Waals surface area contributed by atoms with Gasteiger partial charge in [0, 0.05) is 38.6 Å². The van der Waals surface area contributed by atoms with Crippen molar-refractivity contribution in [1.82, 2.24) is 15.1 Å². The number of nitrogens with zero attached hydrogens (tertiary/aromatic N) is 2. The van der Waals surface area contributed by atoms with Crippen LogP contribution < -0.4 is 5.32 Å². The van der Waals surface area contributed by atoms with E-state index in [1.54, 1.807) is 11.8 Å². The van der Waals surface area contributed by atoms with Crippen molar-refractivity contribution in [1.29, 1.82) is 0 Å². The molecule has 142 valence electrons. The van der Waals surface area contributed by atoms with Gasteiger partial charge in [-0.15, -0.1) is 0 Å². The molecule has 7 nitrogen and oxygen atoms in total. The van der Waals surface area contributed by atoms with Crippen molar-refractivity contribution >= 4 is 17.9 Å². The summed E-state index contributed by atoms with van der Waals surface area (Å²) >= 11 is 0. The normalized spacial score (nSPS) is 21.8. The van der Waals surface area contributed by atoms with E-state index < -0.39 is 0 Å². The molecule has 1 unspecified atom stereocenters. The van der Waals surface area contributed by atoms with E-state index in [-0.39, 0.29) is 29.9 Å². The molecule has 0 saturated carbocycles. The van der Waals surface area contributed by atoms with E-state index in [0.717, 1.165) is 19.3 Å². The number of carbonyl (C=O) groups excluding carboxylic acids is 3. The van der Waals surface area contributed by atoms with Gasteiger partial charge in [0.15, 0.2) is 0 Å². The molecule has 0 aromatic rings. The zero-order valence-corrected chi connectivity index (χ0v) is 15.6. The van der Waals surface area contributed by atoms with Crippen LogP contribution in [0.3, 0.4) is 0 Å². The first kappa shape index (κ1) is 19.5. The molecular formula is C18H31N3O4. The van der Waals surface area contributed by atoms with Gasteiger partial charge in [0.05, 0.1) is 12.5 Å². The summed E-state index contributed by atoms with van der Waals surface area (Å²) in [4.78, 5) is 39.9. The smallest absolute Gasteiger partial charge is 0.409 e. The van der Waals surface area contributed by atoms with Crippen molar-refractivity contribution in [3.05, 3.63) is 0 Å². The van der Waals surface area contributed by atoms with Crippen LogP contribution in [0.1, 0.15) is 46.5 Å². The highest BCUT2D eigenvalue weighted by atomic mass is 16.6. The van der Waals surface area contributed by atoms with E-state index in [4.69, 9.17) is 4.74 Å². The lowest BCUT2D eigenvalue weighted by Gasteiger charge is -2.36. The van der Waals surface area contributed by atoms with Crippen LogP contribution in [0.5, 0.6) is 0 Å². The Morgan fingerprint density at radius 1 is 1.28 bits per heavy atom. The number of rotatable bonds is 6. The molecule has 2 saturated heterocycles. The number of nitrogens with one attached hydrogen (secondary N) is 1. The third kappa shape index (κ3) is 5.34. The van der Waals surface area contributed by atoms with Crippen LogP contribution in [0, 0.1) is 11.8 Å². The lowest BCUT2D eigenvalue weighted by molar-refractivity contribution is -0.131. The van der Waals surface area contributed by atoms with Crippen LogP contribution in [-0.2, 0) is 14.3 Å². The monoisotopic (exact) mass is 353 g/mol. The van der Waals surface area contributed by atoms with Gasteiger partial charge in [0.2, 0.25) is 11.8 Å². The lowest BCUT2D eigenvalue weighted by atomic mass is 10.0. The Morgan fingerprint density at radius 3 is 2.56 bits per heavy atom. The summed E-state index contributed by atoms with van der Waals surface area (Å²) < 4.78 is 5.02. The molecule has 0 bridgehead atoms. The number of hydrogen-bond donors (Lipinski definition) is 1. The molecule has 1 atom stereocenters. The van der Waals surface area contributed by atoms with Crippen molar-refractivity contribution < 1.29 is 19.1 Å². The average Bonchev–Trinajstić information content (AvgIpc) is 2.97. The Balaban J connectivity index is 1.79. The number of likely N-dealkylation sites (tertiary alicyclic amines) is 2. The van der Waals surface area contributed by atoms with E-state index in [1.165, 1.54) is 0 Å². The Hall–Kier alpha value is -1.79. The van der Waals surface area contributed by atoms with Gasteiger partial charge in [-0.2, -0.15) is 0 Å². The molecule has 2 aliphatic rings. The SMILES string of the molecule is CCOC(=O)N1CCC(N2CC(C(=O)NCCC(C)C)CC2=O)CC1. The third-order valence-corrected chi connectivity index (χ3v) is 4.98. The molecule has 2 heterocycles. The lowest BCUT2D eigenvalue weighted by Crippen LogP contribution is -2.47. The molecule has 0 aromatic carbocycles. The predicted molar refractivity (Wildman–Crippen MR) is 93.9 cm³/mol. The summed E-state index contributed by atoms with van der Waals surface area (Å²) in [5.41, 5.74) is 0. The molecule has 25 heavy (non-hydrogen) atoms. The molecule has 2 rings (SSSR count). The molecule has 2 fully saturated rings. The van der Waals surface area contributed by atoms with Crippen LogP contribution in [0.2, 0.25) is 0 Å². The van der Waals surface area contributed by atoms with Gasteiger partial charge in [0.1, 0.15) is 0 Å². The van der Waals surface area contributed by atoms with E-state index >= 15 is 0 Å². The summed E-state index contributed by atoms with van der Waals surface area (Å²) in [5, 5.41) is 2.95. The topological polar surface area (TPSA) is 79.0 Å². The highest BCUT2D eigenvalue weighted by molar-refractivity contribution is 5.89. The highest BCUT2D eigenvalue weighted by Crippen LogP contribution is 2.26. The van der Waals surface area contributed by atoms with Gasteiger partial charge in [-0.1, -0.05) is 13.8 Å². The Labute approximate surface area is 150 Å². The molecule has 0 aromatic heterocycles. The van der Waals surface area contributed by atoms with Gasteiger partial charge in [0.25, 0.3) is 0 Å². The van der Waals surface area contributed by atoms with E-state index in [1.807, 2.05) is 4.90 Å². The number of hydrogen-bond acceptors (Lipinski definition) is 4. The molecule has 2 aliphatic heterocycles. The summed E-state index contributed by atoms with van der Waals surface area (Å²) in [6.45, 7) is 8.76. The van der Waals surface area contributed by atoms with Gasteiger partial charge >= 0.3 is 6.09 Å². The third-order valence-electron chi connectivity index (χ3n) is 4.98. The Bertz CT molecular complexity index is 487. The second-order valence-electron chi connectivity index (χ2n) is 7.34. The fraction of sp³-hybridized carbons (Fsp3) is 0.833. The van der Waals surface area contributed by atoms with Gasteiger partial charge in [-0.05, 0) is 32.1 Å². The largest absolute Gasteiger partial charge is 0.450 e. The van der Waals surface area contributed by atoms with Crippen molar-refractivity contribution in [3.8, 4) is 0 Å². The minimum Gasteiger partial charge on any atom is -0.450 e. The van der Waals surface area contributed by atoms with Crippen LogP contribution >= 0.6 is 0 Å². The quantitative estimate of drug-likeness (QED) is 0.787. The average molecular weight is 353 g/mol. The molecule has 0 spiro atoms. The first-order chi connectivity index (χ1) is 11.9. The predicted octanol–water partition coefficient (Wildman–Crippen LogP) is 1.62. The summed E-state index contributed by atoms with van der Waals surface area (Å²) in [6, 6.07) is 0.117. The van der Waals surface area contributed by atoms with Crippen molar-refractivity contribution in [2.45, 2.75) is 52.5 Å². The van der Waals surface area contributed by atoms with E-state index in [0.29, 0.717) is 45.1 Å². The maximum atomic E-state index is 12.3. The molecule has 0 radical (unpaired) electrons. The summed E-state index contributed by atoms with van der Waals surface area (Å²) in [6.07, 6.45) is 2.45. The number of amides is 3. The van der Waals surface area contributed by atoms with Gasteiger partial charge in [-0.3, -0.25) is 9.59 Å². The van der Waals surface area contributed by atoms with Gasteiger partial charge < -0.3 is 19.9 Å². The maximum absolute atomic E-state index is 12.3. The molecule has 0 aliphatic carbocycles. The standard InChI is InChI=1S/C18H31N3O4/c1-4-25-18(24)20-9-6-15(7-10-20)21-12-14(11-16(21)22)17(23)19-8-5-13(2)3/h13-15H,4-12H2,1-3H3,(H,19,23). The van der Waals surface area contributed by atoms with Crippen LogP contribution in [0.15, 0.2) is 0 Å². The summed E-state index contributed by atoms with van der Waals surface area (Å²) in [5.74, 6) is 0.341. The molecular weight excluding hydrogens is 322 g/mol. The van der Waals surface area contributed by atoms with E-state index in [2.05, 4.69) is 19.2 Å². The van der Waals surface area contributed by atoms with Crippen LogP contribution in [0.4, 0.5) is 4.79 Å². The zero-order valence-electron chi connectivity index (χ0n) is 15.6. The number of ether oxygens (including phenoxy) is 1. The Kier molecular flexibility index (Phi) is 7.08. The first-order valence-electron chi connectivity index (χ1n) is 9.41. The van der Waals surface area contributed by atoms with Crippen molar-refractivity contribution in [2.75, 3.05) is 32.8 Å². The first-order valence-corrected chi connectivity index (χ1v) is 9.41. The zero-order chi connectivity index (χ0) is 18.4. The van der Waals surface area contributed by atoms with Crippen molar-refractivity contribution in [2.24, 2.45) is 11.8 Å². The van der Waals surface area contributed by atoms with Crippen LogP contribution in [0.25, 0.3) is 0 Å². The number of carbonyl (C=O) groups is 3. The molecule has 7 heteroatoms. The second-order valence-corrected chi connectivity index (χ2v) is 7.34.